The van der Waals surface area contributed by atoms with Gasteiger partial charge in [-0.3, -0.25) is 0 Å². The first kappa shape index (κ1) is 12.4. The molecule has 1 heterocycles. The Morgan fingerprint density at radius 1 is 1.27 bits per heavy atom. The van der Waals surface area contributed by atoms with Crippen LogP contribution in [-0.2, 0) is 6.54 Å². The molecule has 1 rings (SSSR count). The standard InChI is InChI=1S/C10H19ClN4/c1-8(2)6-4-5-7-15-10(9(3)11)12-13-14-15/h8-9H,4-7H2,1-3H3. The summed E-state index contributed by atoms with van der Waals surface area (Å²) in [5.74, 6) is 1.53. The molecule has 1 aromatic heterocycles. The van der Waals surface area contributed by atoms with Crippen molar-refractivity contribution in [3.63, 3.8) is 0 Å². The summed E-state index contributed by atoms with van der Waals surface area (Å²) in [7, 11) is 0. The fourth-order valence-corrected chi connectivity index (χ4v) is 1.63. The number of nitrogens with zero attached hydrogens (tertiary/aromatic N) is 4. The number of unbranched alkanes of at least 4 members (excludes halogenated alkanes) is 1. The number of tetrazole rings is 1. The molecular weight excluding hydrogens is 212 g/mol. The van der Waals surface area contributed by atoms with Crippen molar-refractivity contribution in [1.29, 1.82) is 0 Å². The Morgan fingerprint density at radius 2 is 2.00 bits per heavy atom. The van der Waals surface area contributed by atoms with Crippen LogP contribution in [0.25, 0.3) is 0 Å². The van der Waals surface area contributed by atoms with Crippen LogP contribution in [0.5, 0.6) is 0 Å². The van der Waals surface area contributed by atoms with E-state index in [1.807, 2.05) is 6.92 Å². The summed E-state index contributed by atoms with van der Waals surface area (Å²) in [6, 6.07) is 0. The van der Waals surface area contributed by atoms with Crippen LogP contribution < -0.4 is 0 Å². The topological polar surface area (TPSA) is 43.6 Å². The maximum absolute atomic E-state index is 5.95. The highest BCUT2D eigenvalue weighted by Gasteiger charge is 2.10. The fraction of sp³-hybridized carbons (Fsp3) is 0.900. The van der Waals surface area contributed by atoms with E-state index < -0.39 is 0 Å². The number of aryl methyl sites for hydroxylation is 1. The Labute approximate surface area is 96.0 Å². The molecule has 5 heteroatoms. The first-order chi connectivity index (χ1) is 7.11. The summed E-state index contributed by atoms with van der Waals surface area (Å²) in [4.78, 5) is 0. The monoisotopic (exact) mass is 230 g/mol. The molecule has 0 aliphatic carbocycles. The molecule has 0 amide bonds. The van der Waals surface area contributed by atoms with Gasteiger partial charge in [-0.15, -0.1) is 16.7 Å². The zero-order chi connectivity index (χ0) is 11.3. The van der Waals surface area contributed by atoms with Gasteiger partial charge in [0.05, 0.1) is 5.38 Å². The number of alkyl halides is 1. The number of hydrogen-bond donors (Lipinski definition) is 0. The molecule has 1 aromatic rings. The minimum absolute atomic E-state index is 0.120. The molecule has 0 N–H and O–H groups in total. The minimum atomic E-state index is -0.120. The highest BCUT2D eigenvalue weighted by molar-refractivity contribution is 6.20. The first-order valence-corrected chi connectivity index (χ1v) is 5.95. The quantitative estimate of drug-likeness (QED) is 0.558. The Bertz CT molecular complexity index is 283. The highest BCUT2D eigenvalue weighted by atomic mass is 35.5. The molecule has 0 radical (unpaired) electrons. The summed E-state index contributed by atoms with van der Waals surface area (Å²) in [5.41, 5.74) is 0. The third kappa shape index (κ3) is 4.16. The molecular formula is C10H19ClN4. The van der Waals surface area contributed by atoms with Crippen LogP contribution in [0.15, 0.2) is 0 Å². The Balaban J connectivity index is 2.34. The van der Waals surface area contributed by atoms with Crippen molar-refractivity contribution in [3.8, 4) is 0 Å². The van der Waals surface area contributed by atoms with Crippen LogP contribution in [-0.4, -0.2) is 20.2 Å². The van der Waals surface area contributed by atoms with Gasteiger partial charge in [-0.05, 0) is 29.7 Å². The molecule has 1 atom stereocenters. The van der Waals surface area contributed by atoms with E-state index in [2.05, 4.69) is 29.4 Å². The summed E-state index contributed by atoms with van der Waals surface area (Å²) < 4.78 is 1.80. The minimum Gasteiger partial charge on any atom is -0.228 e. The van der Waals surface area contributed by atoms with Crippen LogP contribution in [0.3, 0.4) is 0 Å². The molecule has 0 spiro atoms. The van der Waals surface area contributed by atoms with E-state index in [1.165, 1.54) is 12.8 Å². The Morgan fingerprint density at radius 3 is 2.60 bits per heavy atom. The van der Waals surface area contributed by atoms with Gasteiger partial charge in [0, 0.05) is 6.54 Å². The molecule has 0 aromatic carbocycles. The zero-order valence-electron chi connectivity index (χ0n) is 9.65. The van der Waals surface area contributed by atoms with Gasteiger partial charge in [-0.2, -0.15) is 0 Å². The maximum atomic E-state index is 5.95. The first-order valence-electron chi connectivity index (χ1n) is 5.51. The molecule has 1 unspecified atom stereocenters. The van der Waals surface area contributed by atoms with Gasteiger partial charge in [0.25, 0.3) is 0 Å². The molecule has 4 nitrogen and oxygen atoms in total. The SMILES string of the molecule is CC(C)CCCCn1nnnc1C(C)Cl. The van der Waals surface area contributed by atoms with Crippen molar-refractivity contribution in [1.82, 2.24) is 20.2 Å². The van der Waals surface area contributed by atoms with Crippen molar-refractivity contribution in [2.24, 2.45) is 5.92 Å². The molecule has 0 aliphatic heterocycles. The van der Waals surface area contributed by atoms with Crippen LogP contribution in [0.2, 0.25) is 0 Å². The lowest BCUT2D eigenvalue weighted by Gasteiger charge is -2.06. The lowest BCUT2D eigenvalue weighted by Crippen LogP contribution is -2.06. The Kier molecular flexibility index (Phi) is 5.02. The van der Waals surface area contributed by atoms with Gasteiger partial charge in [-0.25, -0.2) is 4.68 Å². The van der Waals surface area contributed by atoms with E-state index in [9.17, 15) is 0 Å². The second-order valence-corrected chi connectivity index (χ2v) is 4.92. The van der Waals surface area contributed by atoms with E-state index >= 15 is 0 Å². The molecule has 0 saturated heterocycles. The maximum Gasteiger partial charge on any atom is 0.168 e. The van der Waals surface area contributed by atoms with Crippen LogP contribution in [0.4, 0.5) is 0 Å². The third-order valence-corrected chi connectivity index (χ3v) is 2.51. The van der Waals surface area contributed by atoms with Crippen LogP contribution >= 0.6 is 11.6 Å². The largest absolute Gasteiger partial charge is 0.228 e. The van der Waals surface area contributed by atoms with Gasteiger partial charge >= 0.3 is 0 Å². The van der Waals surface area contributed by atoms with E-state index in [1.54, 1.807) is 4.68 Å². The van der Waals surface area contributed by atoms with E-state index in [4.69, 9.17) is 11.6 Å². The second kappa shape index (κ2) is 6.05. The Hall–Kier alpha value is -0.640. The summed E-state index contributed by atoms with van der Waals surface area (Å²) >= 11 is 5.95. The van der Waals surface area contributed by atoms with E-state index in [0.717, 1.165) is 24.7 Å². The summed E-state index contributed by atoms with van der Waals surface area (Å²) in [6.07, 6.45) is 3.58. The molecule has 0 saturated carbocycles. The lowest BCUT2D eigenvalue weighted by atomic mass is 10.1. The van der Waals surface area contributed by atoms with E-state index in [-0.39, 0.29) is 5.38 Å². The van der Waals surface area contributed by atoms with Crippen molar-refractivity contribution in [3.05, 3.63) is 5.82 Å². The fourth-order valence-electron chi connectivity index (χ4n) is 1.47. The van der Waals surface area contributed by atoms with Gasteiger partial charge in [-0.1, -0.05) is 26.7 Å². The van der Waals surface area contributed by atoms with Gasteiger partial charge < -0.3 is 0 Å². The number of rotatable bonds is 6. The summed E-state index contributed by atoms with van der Waals surface area (Å²) in [6.45, 7) is 7.23. The highest BCUT2D eigenvalue weighted by Crippen LogP contribution is 2.16. The molecule has 0 aliphatic rings. The van der Waals surface area contributed by atoms with E-state index in [0.29, 0.717) is 0 Å². The smallest absolute Gasteiger partial charge is 0.168 e. The lowest BCUT2D eigenvalue weighted by molar-refractivity contribution is 0.476. The van der Waals surface area contributed by atoms with Crippen molar-refractivity contribution in [2.45, 2.75) is 52.0 Å². The van der Waals surface area contributed by atoms with Gasteiger partial charge in [0.1, 0.15) is 0 Å². The van der Waals surface area contributed by atoms with Crippen molar-refractivity contribution < 1.29 is 0 Å². The second-order valence-electron chi connectivity index (χ2n) is 4.27. The van der Waals surface area contributed by atoms with Crippen molar-refractivity contribution in [2.75, 3.05) is 0 Å². The molecule has 0 bridgehead atoms. The van der Waals surface area contributed by atoms with Crippen LogP contribution in [0.1, 0.15) is 51.2 Å². The third-order valence-electron chi connectivity index (χ3n) is 2.32. The predicted octanol–water partition coefficient (Wildman–Crippen LogP) is 2.80. The number of halogens is 1. The van der Waals surface area contributed by atoms with Crippen molar-refractivity contribution >= 4 is 11.6 Å². The average Bonchev–Trinajstić information content (AvgIpc) is 2.60. The number of aromatic nitrogens is 4. The molecule has 0 fully saturated rings. The van der Waals surface area contributed by atoms with Gasteiger partial charge in [0.2, 0.25) is 0 Å². The molecule has 86 valence electrons. The normalized spacial score (nSPS) is 13.4. The van der Waals surface area contributed by atoms with Gasteiger partial charge in [0.15, 0.2) is 5.82 Å². The zero-order valence-corrected chi connectivity index (χ0v) is 10.4. The van der Waals surface area contributed by atoms with Crippen LogP contribution in [0, 0.1) is 5.92 Å². The average molecular weight is 231 g/mol. The summed E-state index contributed by atoms with van der Waals surface area (Å²) in [5, 5.41) is 11.3. The predicted molar refractivity (Wildman–Crippen MR) is 60.8 cm³/mol. The number of hydrogen-bond acceptors (Lipinski definition) is 3. The molecule has 15 heavy (non-hydrogen) atoms.